The number of fused-ring (bicyclic) bond motifs is 1. The van der Waals surface area contributed by atoms with E-state index in [0.717, 1.165) is 15.6 Å². The molecule has 1 aromatic carbocycles. The molecule has 22 heavy (non-hydrogen) atoms. The topological polar surface area (TPSA) is 25.8 Å². The molecule has 3 aromatic rings. The molecule has 0 fully saturated rings. The van der Waals surface area contributed by atoms with E-state index in [1.807, 2.05) is 0 Å². The van der Waals surface area contributed by atoms with E-state index in [2.05, 4.69) is 61.9 Å². The Morgan fingerprint density at radius 3 is 2.50 bits per heavy atom. The Bertz CT molecular complexity index is 789. The molecule has 0 N–H and O–H groups in total. The first-order chi connectivity index (χ1) is 10.6. The van der Waals surface area contributed by atoms with Gasteiger partial charge in [-0.3, -0.25) is 0 Å². The lowest BCUT2D eigenvalue weighted by molar-refractivity contribution is 0.866. The predicted octanol–water partition coefficient (Wildman–Crippen LogP) is 5.72. The Hall–Kier alpha value is -1.39. The van der Waals surface area contributed by atoms with Gasteiger partial charge >= 0.3 is 0 Å². The summed E-state index contributed by atoms with van der Waals surface area (Å²) in [5.74, 6) is 1.53. The molecule has 0 bridgehead atoms. The lowest BCUT2D eigenvalue weighted by Gasteiger charge is -2.07. The number of thiophene rings is 1. The average molecular weight is 329 g/mol. The number of aryl methyl sites for hydroxylation is 2. The molecule has 3 rings (SSSR count). The first kappa shape index (κ1) is 15.5. The molecule has 0 radical (unpaired) electrons. The van der Waals surface area contributed by atoms with Gasteiger partial charge in [-0.15, -0.1) is 23.1 Å². The summed E-state index contributed by atoms with van der Waals surface area (Å²) in [5, 5.41) is 2.33. The molecular weight excluding hydrogens is 308 g/mol. The molecule has 0 atom stereocenters. The highest BCUT2D eigenvalue weighted by molar-refractivity contribution is 7.98. The van der Waals surface area contributed by atoms with Crippen molar-refractivity contribution in [3.8, 4) is 0 Å². The second-order valence-corrected chi connectivity index (χ2v) is 7.99. The predicted molar refractivity (Wildman–Crippen MR) is 97.0 cm³/mol. The van der Waals surface area contributed by atoms with Gasteiger partial charge in [-0.2, -0.15) is 0 Å². The van der Waals surface area contributed by atoms with E-state index >= 15 is 0 Å². The number of hydrogen-bond acceptors (Lipinski definition) is 4. The van der Waals surface area contributed by atoms with Gasteiger partial charge in [-0.25, -0.2) is 9.97 Å². The molecule has 0 spiro atoms. The molecule has 0 saturated heterocycles. The highest BCUT2D eigenvalue weighted by Crippen LogP contribution is 2.35. The van der Waals surface area contributed by atoms with Crippen LogP contribution in [0.1, 0.15) is 41.3 Å². The third-order valence-corrected chi connectivity index (χ3v) is 6.13. The Kier molecular flexibility index (Phi) is 4.50. The molecule has 4 heteroatoms. The number of aromatic nitrogens is 2. The summed E-state index contributed by atoms with van der Waals surface area (Å²) in [7, 11) is 0. The Morgan fingerprint density at radius 1 is 1.09 bits per heavy atom. The van der Waals surface area contributed by atoms with Crippen molar-refractivity contribution in [1.82, 2.24) is 9.97 Å². The SMILES string of the molecule is Cc1sc2ncnc(SCc3ccc(C(C)C)cc3)c2c1C. The highest BCUT2D eigenvalue weighted by Gasteiger charge is 2.12. The summed E-state index contributed by atoms with van der Waals surface area (Å²) >= 11 is 3.56. The van der Waals surface area contributed by atoms with Crippen molar-refractivity contribution >= 4 is 33.3 Å². The minimum atomic E-state index is 0.583. The normalized spacial score (nSPS) is 11.5. The van der Waals surface area contributed by atoms with Crippen LogP contribution in [0, 0.1) is 13.8 Å². The van der Waals surface area contributed by atoms with Crippen LogP contribution in [-0.2, 0) is 5.75 Å². The van der Waals surface area contributed by atoms with Gasteiger partial charge in [0.05, 0.1) is 0 Å². The van der Waals surface area contributed by atoms with Crippen LogP contribution in [0.5, 0.6) is 0 Å². The first-order valence-electron chi connectivity index (χ1n) is 7.48. The molecule has 2 aromatic heterocycles. The van der Waals surface area contributed by atoms with Gasteiger partial charge in [0.2, 0.25) is 0 Å². The molecular formula is C18H20N2S2. The third-order valence-electron chi connectivity index (χ3n) is 3.95. The zero-order valence-electron chi connectivity index (χ0n) is 13.4. The average Bonchev–Trinajstić information content (AvgIpc) is 2.81. The van der Waals surface area contributed by atoms with Crippen LogP contribution in [0.3, 0.4) is 0 Å². The first-order valence-corrected chi connectivity index (χ1v) is 9.29. The van der Waals surface area contributed by atoms with Gasteiger partial charge in [0, 0.05) is 16.0 Å². The van der Waals surface area contributed by atoms with Crippen molar-refractivity contribution in [3.05, 3.63) is 52.2 Å². The molecule has 114 valence electrons. The molecule has 0 aliphatic carbocycles. The van der Waals surface area contributed by atoms with Gasteiger partial charge in [0.25, 0.3) is 0 Å². The second-order valence-electron chi connectivity index (χ2n) is 5.83. The van der Waals surface area contributed by atoms with E-state index in [9.17, 15) is 0 Å². The summed E-state index contributed by atoms with van der Waals surface area (Å²) in [4.78, 5) is 11.3. The fourth-order valence-electron chi connectivity index (χ4n) is 2.41. The van der Waals surface area contributed by atoms with E-state index in [-0.39, 0.29) is 0 Å². The molecule has 0 aliphatic rings. The molecule has 0 aliphatic heterocycles. The van der Waals surface area contributed by atoms with Crippen molar-refractivity contribution in [3.63, 3.8) is 0 Å². The molecule has 0 unspecified atom stereocenters. The van der Waals surface area contributed by atoms with Crippen molar-refractivity contribution in [2.24, 2.45) is 0 Å². The van der Waals surface area contributed by atoms with Gasteiger partial charge in [-0.1, -0.05) is 38.1 Å². The summed E-state index contributed by atoms with van der Waals surface area (Å²) in [5.41, 5.74) is 4.05. The monoisotopic (exact) mass is 328 g/mol. The van der Waals surface area contributed by atoms with Crippen molar-refractivity contribution in [2.75, 3.05) is 0 Å². The minimum absolute atomic E-state index is 0.583. The summed E-state index contributed by atoms with van der Waals surface area (Å²) in [6, 6.07) is 8.92. The van der Waals surface area contributed by atoms with Crippen molar-refractivity contribution < 1.29 is 0 Å². The zero-order chi connectivity index (χ0) is 15.7. The van der Waals surface area contributed by atoms with Crippen LogP contribution in [0.4, 0.5) is 0 Å². The quantitative estimate of drug-likeness (QED) is 0.452. The third kappa shape index (κ3) is 3.03. The summed E-state index contributed by atoms with van der Waals surface area (Å²) < 4.78 is 0. The van der Waals surface area contributed by atoms with E-state index in [0.29, 0.717) is 5.92 Å². The minimum Gasteiger partial charge on any atom is -0.229 e. The summed E-state index contributed by atoms with van der Waals surface area (Å²) in [6.45, 7) is 8.77. The Labute approximate surface area is 140 Å². The molecule has 0 saturated carbocycles. The molecule has 2 nitrogen and oxygen atoms in total. The molecule has 2 heterocycles. The van der Waals surface area contributed by atoms with Crippen LogP contribution in [0.2, 0.25) is 0 Å². The highest BCUT2D eigenvalue weighted by atomic mass is 32.2. The number of benzene rings is 1. The fourth-order valence-corrected chi connectivity index (χ4v) is 4.48. The van der Waals surface area contributed by atoms with Crippen LogP contribution < -0.4 is 0 Å². The van der Waals surface area contributed by atoms with E-state index < -0.39 is 0 Å². The maximum atomic E-state index is 4.50. The van der Waals surface area contributed by atoms with Crippen molar-refractivity contribution in [1.29, 1.82) is 0 Å². The lowest BCUT2D eigenvalue weighted by atomic mass is 10.0. The van der Waals surface area contributed by atoms with E-state index in [1.165, 1.54) is 27.0 Å². The van der Waals surface area contributed by atoms with Crippen molar-refractivity contribution in [2.45, 2.75) is 44.4 Å². The zero-order valence-corrected chi connectivity index (χ0v) is 15.0. The number of rotatable bonds is 4. The smallest absolute Gasteiger partial charge is 0.128 e. The van der Waals surface area contributed by atoms with Crippen LogP contribution in [0.15, 0.2) is 35.6 Å². The maximum Gasteiger partial charge on any atom is 0.128 e. The number of nitrogens with zero attached hydrogens (tertiary/aromatic N) is 2. The van der Waals surface area contributed by atoms with Gasteiger partial charge < -0.3 is 0 Å². The summed E-state index contributed by atoms with van der Waals surface area (Å²) in [6.07, 6.45) is 1.68. The van der Waals surface area contributed by atoms with Gasteiger partial charge in [-0.05, 0) is 36.5 Å². The second kappa shape index (κ2) is 6.39. The van der Waals surface area contributed by atoms with Crippen LogP contribution in [-0.4, -0.2) is 9.97 Å². The Balaban J connectivity index is 1.82. The van der Waals surface area contributed by atoms with Gasteiger partial charge in [0.1, 0.15) is 16.2 Å². The number of thioether (sulfide) groups is 1. The van der Waals surface area contributed by atoms with Crippen LogP contribution >= 0.6 is 23.1 Å². The maximum absolute atomic E-state index is 4.50. The Morgan fingerprint density at radius 2 is 1.82 bits per heavy atom. The van der Waals surface area contributed by atoms with E-state index in [4.69, 9.17) is 0 Å². The fraction of sp³-hybridized carbons (Fsp3) is 0.333. The van der Waals surface area contributed by atoms with Gasteiger partial charge in [0.15, 0.2) is 0 Å². The molecule has 0 amide bonds. The number of hydrogen-bond donors (Lipinski definition) is 0. The standard InChI is InChI=1S/C18H20N2S2/c1-11(2)15-7-5-14(6-8-15)9-21-17-16-12(3)13(4)22-18(16)20-10-19-17/h5-8,10-11H,9H2,1-4H3. The lowest BCUT2D eigenvalue weighted by Crippen LogP contribution is -1.89. The van der Waals surface area contributed by atoms with Crippen LogP contribution in [0.25, 0.3) is 10.2 Å². The van der Waals surface area contributed by atoms with E-state index in [1.54, 1.807) is 29.4 Å². The largest absolute Gasteiger partial charge is 0.229 e.